The van der Waals surface area contributed by atoms with E-state index in [1.807, 2.05) is 24.3 Å². The Labute approximate surface area is 89.7 Å². The van der Waals surface area contributed by atoms with E-state index in [0.29, 0.717) is 0 Å². The fraction of sp³-hybridized carbons (Fsp3) is 0. The predicted molar refractivity (Wildman–Crippen MR) is 57.3 cm³/mol. The molecule has 0 bridgehead atoms. The van der Waals surface area contributed by atoms with Crippen molar-refractivity contribution in [2.24, 2.45) is 0 Å². The summed E-state index contributed by atoms with van der Waals surface area (Å²) < 4.78 is 13.8. The van der Waals surface area contributed by atoms with Crippen LogP contribution < -0.4 is 0 Å². The molecule has 3 heteroatoms. The molecule has 0 unspecified atom stereocenters. The second-order valence-corrected chi connectivity index (χ2v) is 3.70. The number of hydrogen-bond donors (Lipinski definition) is 0. The van der Waals surface area contributed by atoms with Crippen molar-refractivity contribution in [3.05, 3.63) is 53.0 Å². The van der Waals surface area contributed by atoms with E-state index in [1.165, 1.54) is 12.3 Å². The Balaban J connectivity index is 2.55. The smallest absolute Gasteiger partial charge is 0.213 e. The maximum Gasteiger partial charge on any atom is 0.213 e. The first-order chi connectivity index (χ1) is 6.77. The van der Waals surface area contributed by atoms with Crippen molar-refractivity contribution < 1.29 is 4.39 Å². The standard InChI is InChI=1S/C11H7BrFN/c12-10-4-2-1-3-9(10)8-5-6-14-11(13)7-8/h1-7H. The van der Waals surface area contributed by atoms with E-state index in [2.05, 4.69) is 20.9 Å². The number of aromatic nitrogens is 1. The Morgan fingerprint density at radius 3 is 2.64 bits per heavy atom. The summed E-state index contributed by atoms with van der Waals surface area (Å²) in [6.07, 6.45) is 1.46. The minimum Gasteiger partial charge on any atom is -0.228 e. The molecule has 0 saturated heterocycles. The highest BCUT2D eigenvalue weighted by molar-refractivity contribution is 9.10. The van der Waals surface area contributed by atoms with Crippen molar-refractivity contribution >= 4 is 15.9 Å². The van der Waals surface area contributed by atoms with Crippen LogP contribution in [0.15, 0.2) is 47.1 Å². The molecule has 2 aromatic rings. The number of benzene rings is 1. The molecule has 0 fully saturated rings. The molecule has 0 N–H and O–H groups in total. The van der Waals surface area contributed by atoms with E-state index in [-0.39, 0.29) is 0 Å². The predicted octanol–water partition coefficient (Wildman–Crippen LogP) is 3.65. The Hall–Kier alpha value is -1.22. The monoisotopic (exact) mass is 251 g/mol. The normalized spacial score (nSPS) is 10.1. The second-order valence-electron chi connectivity index (χ2n) is 2.85. The SMILES string of the molecule is Fc1cc(-c2ccccc2Br)ccn1. The number of hydrogen-bond acceptors (Lipinski definition) is 1. The van der Waals surface area contributed by atoms with Crippen LogP contribution in [-0.2, 0) is 0 Å². The van der Waals surface area contributed by atoms with Gasteiger partial charge in [0.15, 0.2) is 0 Å². The molecule has 0 aliphatic heterocycles. The van der Waals surface area contributed by atoms with Crippen LogP contribution in [0.5, 0.6) is 0 Å². The second kappa shape index (κ2) is 3.88. The van der Waals surface area contributed by atoms with Gasteiger partial charge in [-0.05, 0) is 23.3 Å². The summed E-state index contributed by atoms with van der Waals surface area (Å²) in [6, 6.07) is 10.9. The number of pyridine rings is 1. The third-order valence-corrected chi connectivity index (χ3v) is 2.60. The van der Waals surface area contributed by atoms with E-state index >= 15 is 0 Å². The van der Waals surface area contributed by atoms with Gasteiger partial charge in [0.1, 0.15) is 0 Å². The summed E-state index contributed by atoms with van der Waals surface area (Å²) in [5.74, 6) is -0.460. The molecular weight excluding hydrogens is 245 g/mol. The Bertz CT molecular complexity index is 457. The van der Waals surface area contributed by atoms with Crippen LogP contribution in [0, 0.1) is 5.95 Å². The first-order valence-electron chi connectivity index (χ1n) is 4.14. The van der Waals surface area contributed by atoms with Gasteiger partial charge in [-0.3, -0.25) is 0 Å². The van der Waals surface area contributed by atoms with E-state index in [4.69, 9.17) is 0 Å². The maximum atomic E-state index is 12.9. The van der Waals surface area contributed by atoms with Gasteiger partial charge in [-0.25, -0.2) is 4.98 Å². The molecule has 14 heavy (non-hydrogen) atoms. The highest BCUT2D eigenvalue weighted by Gasteiger charge is 2.02. The maximum absolute atomic E-state index is 12.9. The Kier molecular flexibility index (Phi) is 2.59. The molecule has 70 valence electrons. The molecule has 0 aliphatic rings. The molecule has 0 aliphatic carbocycles. The lowest BCUT2D eigenvalue weighted by molar-refractivity contribution is 0.584. The van der Waals surface area contributed by atoms with Crippen LogP contribution in [-0.4, -0.2) is 4.98 Å². The van der Waals surface area contributed by atoms with Gasteiger partial charge in [-0.1, -0.05) is 34.1 Å². The van der Waals surface area contributed by atoms with Crippen molar-refractivity contribution in [3.63, 3.8) is 0 Å². The summed E-state index contributed by atoms with van der Waals surface area (Å²) in [4.78, 5) is 3.51. The first kappa shape index (κ1) is 9.34. The highest BCUT2D eigenvalue weighted by Crippen LogP contribution is 2.27. The Morgan fingerprint density at radius 2 is 1.93 bits per heavy atom. The number of halogens is 2. The van der Waals surface area contributed by atoms with E-state index in [0.717, 1.165) is 15.6 Å². The van der Waals surface area contributed by atoms with Crippen LogP contribution in [0.1, 0.15) is 0 Å². The van der Waals surface area contributed by atoms with Crippen molar-refractivity contribution in [2.75, 3.05) is 0 Å². The average Bonchev–Trinajstić information content (AvgIpc) is 2.18. The molecule has 1 aromatic carbocycles. The zero-order valence-corrected chi connectivity index (χ0v) is 8.83. The molecule has 2 rings (SSSR count). The molecule has 0 amide bonds. The van der Waals surface area contributed by atoms with Gasteiger partial charge < -0.3 is 0 Å². The fourth-order valence-electron chi connectivity index (χ4n) is 1.27. The molecule has 1 aromatic heterocycles. The fourth-order valence-corrected chi connectivity index (χ4v) is 1.78. The summed E-state index contributed by atoms with van der Waals surface area (Å²) >= 11 is 3.41. The minimum absolute atomic E-state index is 0.460. The quantitative estimate of drug-likeness (QED) is 0.706. The topological polar surface area (TPSA) is 12.9 Å². The highest BCUT2D eigenvalue weighted by atomic mass is 79.9. The lowest BCUT2D eigenvalue weighted by atomic mass is 10.1. The summed E-state index contributed by atoms with van der Waals surface area (Å²) in [6.45, 7) is 0. The largest absolute Gasteiger partial charge is 0.228 e. The van der Waals surface area contributed by atoms with Gasteiger partial charge in [0, 0.05) is 16.7 Å². The summed E-state index contributed by atoms with van der Waals surface area (Å²) in [5.41, 5.74) is 1.79. The van der Waals surface area contributed by atoms with Crippen molar-refractivity contribution in [1.82, 2.24) is 4.98 Å². The van der Waals surface area contributed by atoms with Crippen LogP contribution in [0.4, 0.5) is 4.39 Å². The van der Waals surface area contributed by atoms with Gasteiger partial charge in [0.25, 0.3) is 0 Å². The van der Waals surface area contributed by atoms with Crippen LogP contribution in [0.3, 0.4) is 0 Å². The summed E-state index contributed by atoms with van der Waals surface area (Å²) in [5, 5.41) is 0. The van der Waals surface area contributed by atoms with Gasteiger partial charge in [-0.15, -0.1) is 0 Å². The molecule has 0 saturated carbocycles. The molecule has 0 atom stereocenters. The molecule has 0 radical (unpaired) electrons. The van der Waals surface area contributed by atoms with Crippen molar-refractivity contribution in [1.29, 1.82) is 0 Å². The first-order valence-corrected chi connectivity index (χ1v) is 4.93. The molecule has 0 spiro atoms. The number of nitrogens with zero attached hydrogens (tertiary/aromatic N) is 1. The number of rotatable bonds is 1. The zero-order valence-electron chi connectivity index (χ0n) is 7.24. The van der Waals surface area contributed by atoms with Gasteiger partial charge >= 0.3 is 0 Å². The van der Waals surface area contributed by atoms with E-state index < -0.39 is 5.95 Å². The van der Waals surface area contributed by atoms with Gasteiger partial charge in [-0.2, -0.15) is 4.39 Å². The van der Waals surface area contributed by atoms with Crippen molar-refractivity contribution in [2.45, 2.75) is 0 Å². The van der Waals surface area contributed by atoms with Crippen LogP contribution in [0.2, 0.25) is 0 Å². The van der Waals surface area contributed by atoms with Crippen LogP contribution >= 0.6 is 15.9 Å². The van der Waals surface area contributed by atoms with Crippen LogP contribution in [0.25, 0.3) is 11.1 Å². The molecule has 1 heterocycles. The minimum atomic E-state index is -0.460. The Morgan fingerprint density at radius 1 is 1.14 bits per heavy atom. The summed E-state index contributed by atoms with van der Waals surface area (Å²) in [7, 11) is 0. The van der Waals surface area contributed by atoms with E-state index in [1.54, 1.807) is 6.07 Å². The van der Waals surface area contributed by atoms with Crippen molar-refractivity contribution in [3.8, 4) is 11.1 Å². The molecule has 1 nitrogen and oxygen atoms in total. The third-order valence-electron chi connectivity index (χ3n) is 1.91. The third kappa shape index (κ3) is 1.82. The lowest BCUT2D eigenvalue weighted by Crippen LogP contribution is -1.84. The lowest BCUT2D eigenvalue weighted by Gasteiger charge is -2.03. The van der Waals surface area contributed by atoms with E-state index in [9.17, 15) is 4.39 Å². The zero-order chi connectivity index (χ0) is 9.97. The molecular formula is C11H7BrFN. The average molecular weight is 252 g/mol. The van der Waals surface area contributed by atoms with Gasteiger partial charge in [0.05, 0.1) is 0 Å². The van der Waals surface area contributed by atoms with Gasteiger partial charge in [0.2, 0.25) is 5.95 Å².